The van der Waals surface area contributed by atoms with Crippen LogP contribution in [0.4, 0.5) is 0 Å². The molecule has 82 valence electrons. The lowest BCUT2D eigenvalue weighted by molar-refractivity contribution is -0.120. The van der Waals surface area contributed by atoms with Crippen molar-refractivity contribution < 1.29 is 4.79 Å². The van der Waals surface area contributed by atoms with Crippen LogP contribution in [0.5, 0.6) is 0 Å². The van der Waals surface area contributed by atoms with Crippen LogP contribution in [0, 0.1) is 11.3 Å². The average Bonchev–Trinajstić information content (AvgIpc) is 1.90. The predicted octanol–water partition coefficient (Wildman–Crippen LogP) is 2.73. The van der Waals surface area contributed by atoms with E-state index in [1.807, 2.05) is 0 Å². The molecule has 0 saturated heterocycles. The number of rotatable bonds is 3. The van der Waals surface area contributed by atoms with Crippen LogP contribution in [0.15, 0.2) is 0 Å². The average molecular weight is 197 g/mol. The van der Waals surface area contributed by atoms with Gasteiger partial charge in [0.25, 0.3) is 0 Å². The second-order valence-corrected chi connectivity index (χ2v) is 5.65. The zero-order valence-electron chi connectivity index (χ0n) is 9.89. The van der Waals surface area contributed by atoms with Crippen molar-refractivity contribution in [2.45, 2.75) is 59.4 Å². The van der Waals surface area contributed by atoms with E-state index in [1.54, 1.807) is 6.92 Å². The topological polar surface area (TPSA) is 29.1 Å². The first kappa shape index (κ1) is 11.5. The van der Waals surface area contributed by atoms with Crippen molar-refractivity contribution in [1.82, 2.24) is 5.32 Å². The third-order valence-corrected chi connectivity index (χ3v) is 3.22. The van der Waals surface area contributed by atoms with Crippen LogP contribution >= 0.6 is 0 Å². The Kier molecular flexibility index (Phi) is 3.57. The monoisotopic (exact) mass is 197 g/mol. The fraction of sp³-hybridized carbons (Fsp3) is 0.917. The molecule has 1 atom stereocenters. The van der Waals surface area contributed by atoms with E-state index in [2.05, 4.69) is 26.1 Å². The first-order chi connectivity index (χ1) is 6.39. The Morgan fingerprint density at radius 2 is 2.00 bits per heavy atom. The maximum atomic E-state index is 11.1. The van der Waals surface area contributed by atoms with Gasteiger partial charge in [0.1, 0.15) is 0 Å². The SMILES string of the molecule is CC(=O)NC(CC1CCC1)C(C)(C)C. The molecule has 0 radical (unpaired) electrons. The molecule has 0 aromatic heterocycles. The fourth-order valence-electron chi connectivity index (χ4n) is 1.94. The quantitative estimate of drug-likeness (QED) is 0.740. The van der Waals surface area contributed by atoms with Gasteiger partial charge in [0, 0.05) is 13.0 Å². The van der Waals surface area contributed by atoms with Gasteiger partial charge in [-0.2, -0.15) is 0 Å². The summed E-state index contributed by atoms with van der Waals surface area (Å²) < 4.78 is 0. The van der Waals surface area contributed by atoms with Gasteiger partial charge in [-0.25, -0.2) is 0 Å². The molecule has 14 heavy (non-hydrogen) atoms. The summed E-state index contributed by atoms with van der Waals surface area (Å²) in [5.74, 6) is 0.954. The van der Waals surface area contributed by atoms with Gasteiger partial charge in [0.2, 0.25) is 5.91 Å². The van der Waals surface area contributed by atoms with Crippen LogP contribution < -0.4 is 5.32 Å². The van der Waals surface area contributed by atoms with Gasteiger partial charge in [-0.05, 0) is 17.8 Å². The molecule has 1 fully saturated rings. The van der Waals surface area contributed by atoms with Crippen molar-refractivity contribution in [3.8, 4) is 0 Å². The summed E-state index contributed by atoms with van der Waals surface area (Å²) in [5, 5.41) is 3.08. The van der Waals surface area contributed by atoms with E-state index in [1.165, 1.54) is 19.3 Å². The lowest BCUT2D eigenvalue weighted by Gasteiger charge is -2.37. The molecular weight excluding hydrogens is 174 g/mol. The van der Waals surface area contributed by atoms with E-state index in [0.717, 1.165) is 12.3 Å². The Morgan fingerprint density at radius 1 is 1.43 bits per heavy atom. The van der Waals surface area contributed by atoms with Crippen molar-refractivity contribution in [2.24, 2.45) is 11.3 Å². The molecule has 2 heteroatoms. The summed E-state index contributed by atoms with van der Waals surface area (Å²) in [6.07, 6.45) is 5.24. The standard InChI is InChI=1S/C12H23NO/c1-9(14)13-11(12(2,3)4)8-10-6-5-7-10/h10-11H,5-8H2,1-4H3,(H,13,14). The molecule has 0 aromatic rings. The Morgan fingerprint density at radius 3 is 2.29 bits per heavy atom. The van der Waals surface area contributed by atoms with Gasteiger partial charge in [0.15, 0.2) is 0 Å². The van der Waals surface area contributed by atoms with Crippen LogP contribution in [0.2, 0.25) is 0 Å². The van der Waals surface area contributed by atoms with Crippen molar-refractivity contribution in [3.63, 3.8) is 0 Å². The van der Waals surface area contributed by atoms with Gasteiger partial charge in [-0.3, -0.25) is 4.79 Å². The van der Waals surface area contributed by atoms with Gasteiger partial charge in [-0.15, -0.1) is 0 Å². The molecule has 0 bridgehead atoms. The smallest absolute Gasteiger partial charge is 0.217 e. The van der Waals surface area contributed by atoms with E-state index >= 15 is 0 Å². The zero-order valence-corrected chi connectivity index (χ0v) is 9.89. The van der Waals surface area contributed by atoms with E-state index in [9.17, 15) is 4.79 Å². The number of amides is 1. The second kappa shape index (κ2) is 4.33. The highest BCUT2D eigenvalue weighted by molar-refractivity contribution is 5.73. The van der Waals surface area contributed by atoms with E-state index < -0.39 is 0 Å². The van der Waals surface area contributed by atoms with Gasteiger partial charge >= 0.3 is 0 Å². The predicted molar refractivity (Wildman–Crippen MR) is 59.0 cm³/mol. The van der Waals surface area contributed by atoms with Crippen molar-refractivity contribution in [1.29, 1.82) is 0 Å². The largest absolute Gasteiger partial charge is 0.353 e. The normalized spacial score (nSPS) is 20.0. The summed E-state index contributed by atoms with van der Waals surface area (Å²) in [6.45, 7) is 8.21. The molecule has 2 nitrogen and oxygen atoms in total. The van der Waals surface area contributed by atoms with Crippen LogP contribution in [0.1, 0.15) is 53.4 Å². The molecule has 1 N–H and O–H groups in total. The highest BCUT2D eigenvalue weighted by Gasteiger charge is 2.30. The zero-order chi connectivity index (χ0) is 10.8. The second-order valence-electron chi connectivity index (χ2n) is 5.65. The van der Waals surface area contributed by atoms with Crippen molar-refractivity contribution >= 4 is 5.91 Å². The minimum absolute atomic E-state index is 0.101. The van der Waals surface area contributed by atoms with Crippen LogP contribution in [-0.4, -0.2) is 11.9 Å². The molecule has 1 amide bonds. The fourth-order valence-corrected chi connectivity index (χ4v) is 1.94. The van der Waals surface area contributed by atoms with E-state index in [0.29, 0.717) is 6.04 Å². The Labute approximate surface area is 87.5 Å². The van der Waals surface area contributed by atoms with Crippen molar-refractivity contribution in [2.75, 3.05) is 0 Å². The molecule has 0 spiro atoms. The number of carbonyl (C=O) groups excluding carboxylic acids is 1. The third kappa shape index (κ3) is 3.32. The number of hydrogen-bond acceptors (Lipinski definition) is 1. The highest BCUT2D eigenvalue weighted by atomic mass is 16.1. The Balaban J connectivity index is 2.47. The molecule has 1 saturated carbocycles. The molecular formula is C12H23NO. The van der Waals surface area contributed by atoms with Gasteiger partial charge < -0.3 is 5.32 Å². The number of nitrogens with one attached hydrogen (secondary N) is 1. The lowest BCUT2D eigenvalue weighted by atomic mass is 9.74. The minimum Gasteiger partial charge on any atom is -0.353 e. The highest BCUT2D eigenvalue weighted by Crippen LogP contribution is 2.34. The molecule has 0 aliphatic heterocycles. The Bertz CT molecular complexity index is 201. The summed E-state index contributed by atoms with van der Waals surface area (Å²) in [7, 11) is 0. The Hall–Kier alpha value is -0.530. The van der Waals surface area contributed by atoms with Gasteiger partial charge in [-0.1, -0.05) is 40.0 Å². The van der Waals surface area contributed by atoms with Crippen LogP contribution in [0.25, 0.3) is 0 Å². The molecule has 0 heterocycles. The molecule has 1 rings (SSSR count). The summed E-state index contributed by atoms with van der Waals surface area (Å²) in [6, 6.07) is 0.338. The summed E-state index contributed by atoms with van der Waals surface area (Å²) in [5.41, 5.74) is 0.182. The molecule has 1 aliphatic carbocycles. The maximum absolute atomic E-state index is 11.1. The molecule has 0 aromatic carbocycles. The molecule has 1 unspecified atom stereocenters. The first-order valence-corrected chi connectivity index (χ1v) is 5.66. The first-order valence-electron chi connectivity index (χ1n) is 5.66. The van der Waals surface area contributed by atoms with Crippen LogP contribution in [0.3, 0.4) is 0 Å². The van der Waals surface area contributed by atoms with E-state index in [-0.39, 0.29) is 11.3 Å². The lowest BCUT2D eigenvalue weighted by Crippen LogP contribution is -2.44. The number of hydrogen-bond donors (Lipinski definition) is 1. The maximum Gasteiger partial charge on any atom is 0.217 e. The number of carbonyl (C=O) groups is 1. The summed E-state index contributed by atoms with van der Waals surface area (Å²) in [4.78, 5) is 11.1. The van der Waals surface area contributed by atoms with E-state index in [4.69, 9.17) is 0 Å². The van der Waals surface area contributed by atoms with Crippen molar-refractivity contribution in [3.05, 3.63) is 0 Å². The minimum atomic E-state index is 0.101. The third-order valence-electron chi connectivity index (χ3n) is 3.22. The molecule has 1 aliphatic rings. The van der Waals surface area contributed by atoms with Gasteiger partial charge in [0.05, 0.1) is 0 Å². The van der Waals surface area contributed by atoms with Crippen LogP contribution in [-0.2, 0) is 4.79 Å². The summed E-state index contributed by atoms with van der Waals surface area (Å²) >= 11 is 0.